The lowest BCUT2D eigenvalue weighted by molar-refractivity contribution is -0.164. The number of hydrogen-bond acceptors (Lipinski definition) is 5. The highest BCUT2D eigenvalue weighted by atomic mass is 35.5. The Balaban J connectivity index is 2.78. The van der Waals surface area contributed by atoms with Crippen LogP contribution in [0.2, 0.25) is 0 Å². The SMILES string of the molecule is COC(=O)[C@@H](OC(C)(C)C)c1c(C)nc(N)c(C)c1C1=CC=C(Cl)C[C@H]1F. The molecule has 2 atom stereocenters. The Morgan fingerprint density at radius 2 is 2.00 bits per heavy atom. The molecular formula is C20H26ClFN2O3. The Bertz CT molecular complexity index is 812. The summed E-state index contributed by atoms with van der Waals surface area (Å²) in [6.45, 7) is 8.96. The zero-order chi connectivity index (χ0) is 20.5. The number of pyridine rings is 1. The molecule has 1 heterocycles. The summed E-state index contributed by atoms with van der Waals surface area (Å²) in [4.78, 5) is 16.9. The molecule has 1 aliphatic rings. The Kier molecular flexibility index (Phi) is 6.32. The summed E-state index contributed by atoms with van der Waals surface area (Å²) in [5.74, 6) is -0.306. The zero-order valence-electron chi connectivity index (χ0n) is 16.5. The van der Waals surface area contributed by atoms with Crippen molar-refractivity contribution in [2.75, 3.05) is 12.8 Å². The Morgan fingerprint density at radius 1 is 1.37 bits per heavy atom. The number of aromatic nitrogens is 1. The summed E-state index contributed by atoms with van der Waals surface area (Å²) in [5, 5.41) is 0.430. The number of methoxy groups -OCH3 is 1. The van der Waals surface area contributed by atoms with Gasteiger partial charge < -0.3 is 15.2 Å². The van der Waals surface area contributed by atoms with Gasteiger partial charge in [-0.1, -0.05) is 17.7 Å². The van der Waals surface area contributed by atoms with Gasteiger partial charge in [0, 0.05) is 22.7 Å². The number of hydrogen-bond donors (Lipinski definition) is 1. The van der Waals surface area contributed by atoms with Gasteiger partial charge in [-0.3, -0.25) is 0 Å². The number of allylic oxidation sites excluding steroid dienone is 4. The summed E-state index contributed by atoms with van der Waals surface area (Å²) in [6.07, 6.45) is 0.948. The van der Waals surface area contributed by atoms with Gasteiger partial charge in [0.25, 0.3) is 0 Å². The highest BCUT2D eigenvalue weighted by Crippen LogP contribution is 2.40. The van der Waals surface area contributed by atoms with E-state index < -0.39 is 23.8 Å². The largest absolute Gasteiger partial charge is 0.467 e. The van der Waals surface area contributed by atoms with Crippen LogP contribution >= 0.6 is 11.6 Å². The molecular weight excluding hydrogens is 371 g/mol. The minimum Gasteiger partial charge on any atom is -0.467 e. The molecule has 0 unspecified atom stereocenters. The minimum absolute atomic E-state index is 0.0660. The number of nitrogens with two attached hydrogens (primary N) is 1. The van der Waals surface area contributed by atoms with E-state index in [2.05, 4.69) is 4.98 Å². The number of esters is 1. The zero-order valence-corrected chi connectivity index (χ0v) is 17.3. The van der Waals surface area contributed by atoms with E-state index in [-0.39, 0.29) is 12.2 Å². The van der Waals surface area contributed by atoms with Gasteiger partial charge >= 0.3 is 5.97 Å². The smallest absolute Gasteiger partial charge is 0.339 e. The van der Waals surface area contributed by atoms with Crippen LogP contribution in [-0.2, 0) is 14.3 Å². The van der Waals surface area contributed by atoms with Crippen LogP contribution in [0.15, 0.2) is 17.2 Å². The van der Waals surface area contributed by atoms with Crippen LogP contribution in [-0.4, -0.2) is 29.8 Å². The molecule has 1 aromatic rings. The second-order valence-electron chi connectivity index (χ2n) is 7.54. The van der Waals surface area contributed by atoms with Gasteiger partial charge in [-0.05, 0) is 57.4 Å². The number of nitrogen functional groups attached to an aromatic ring is 1. The summed E-state index contributed by atoms with van der Waals surface area (Å²) in [5.41, 5.74) is 7.86. The molecule has 0 saturated carbocycles. The van der Waals surface area contributed by atoms with Gasteiger partial charge in [0.15, 0.2) is 6.10 Å². The third-order valence-corrected chi connectivity index (χ3v) is 4.58. The van der Waals surface area contributed by atoms with Crippen molar-refractivity contribution in [3.8, 4) is 0 Å². The van der Waals surface area contributed by atoms with Crippen molar-refractivity contribution < 1.29 is 18.7 Å². The van der Waals surface area contributed by atoms with E-state index in [1.54, 1.807) is 26.0 Å². The Hall–Kier alpha value is -1.92. The van der Waals surface area contributed by atoms with E-state index in [1.165, 1.54) is 7.11 Å². The molecule has 27 heavy (non-hydrogen) atoms. The fourth-order valence-electron chi connectivity index (χ4n) is 3.09. The number of nitrogens with zero attached hydrogens (tertiary/aromatic N) is 1. The summed E-state index contributed by atoms with van der Waals surface area (Å²) in [7, 11) is 1.29. The fraction of sp³-hybridized carbons (Fsp3) is 0.500. The summed E-state index contributed by atoms with van der Waals surface area (Å²) >= 11 is 5.97. The topological polar surface area (TPSA) is 74.4 Å². The number of alkyl halides is 1. The predicted octanol–water partition coefficient (Wildman–Crippen LogP) is 4.56. The van der Waals surface area contributed by atoms with Gasteiger partial charge in [0.2, 0.25) is 0 Å². The molecule has 2 N–H and O–H groups in total. The first-order chi connectivity index (χ1) is 12.5. The highest BCUT2D eigenvalue weighted by Gasteiger charge is 2.35. The van der Waals surface area contributed by atoms with Gasteiger partial charge in [0.1, 0.15) is 12.0 Å². The molecule has 0 radical (unpaired) electrons. The molecule has 2 rings (SSSR count). The normalized spacial score (nSPS) is 18.6. The maximum absolute atomic E-state index is 14.9. The number of carbonyl (C=O) groups is 1. The van der Waals surface area contributed by atoms with Crippen molar-refractivity contribution in [1.82, 2.24) is 4.98 Å². The molecule has 0 aliphatic heterocycles. The van der Waals surface area contributed by atoms with E-state index >= 15 is 0 Å². The lowest BCUT2D eigenvalue weighted by Crippen LogP contribution is -2.30. The van der Waals surface area contributed by atoms with E-state index in [1.807, 2.05) is 20.8 Å². The van der Waals surface area contributed by atoms with Crippen LogP contribution in [0.1, 0.15) is 55.7 Å². The van der Waals surface area contributed by atoms with E-state index in [0.717, 1.165) is 0 Å². The van der Waals surface area contributed by atoms with Crippen LogP contribution in [0.5, 0.6) is 0 Å². The number of anilines is 1. The molecule has 7 heteroatoms. The Morgan fingerprint density at radius 3 is 2.52 bits per heavy atom. The van der Waals surface area contributed by atoms with Gasteiger partial charge in [0.05, 0.1) is 12.7 Å². The van der Waals surface area contributed by atoms with E-state index in [0.29, 0.717) is 33.0 Å². The van der Waals surface area contributed by atoms with E-state index in [4.69, 9.17) is 26.8 Å². The number of ether oxygens (including phenoxy) is 2. The van der Waals surface area contributed by atoms with Crippen molar-refractivity contribution >= 4 is 29.0 Å². The molecule has 0 fully saturated rings. The molecule has 0 spiro atoms. The van der Waals surface area contributed by atoms with Gasteiger partial charge in [-0.2, -0.15) is 0 Å². The second kappa shape index (κ2) is 7.98. The Labute approximate surface area is 164 Å². The number of carbonyl (C=O) groups excluding carboxylic acids is 1. The number of halogens is 2. The lowest BCUT2D eigenvalue weighted by Gasteiger charge is -2.30. The van der Waals surface area contributed by atoms with Crippen molar-refractivity contribution in [3.63, 3.8) is 0 Å². The summed E-state index contributed by atoms with van der Waals surface area (Å²) < 4.78 is 25.8. The van der Waals surface area contributed by atoms with Crippen molar-refractivity contribution in [3.05, 3.63) is 39.6 Å². The maximum atomic E-state index is 14.9. The maximum Gasteiger partial charge on any atom is 0.339 e. The van der Waals surface area contributed by atoms with Crippen LogP contribution in [0, 0.1) is 13.8 Å². The van der Waals surface area contributed by atoms with Gasteiger partial charge in [-0.25, -0.2) is 14.2 Å². The minimum atomic E-state index is -1.32. The summed E-state index contributed by atoms with van der Waals surface area (Å²) in [6, 6.07) is 0. The first kappa shape index (κ1) is 21.4. The highest BCUT2D eigenvalue weighted by molar-refractivity contribution is 6.30. The van der Waals surface area contributed by atoms with Crippen molar-refractivity contribution in [2.24, 2.45) is 0 Å². The monoisotopic (exact) mass is 396 g/mol. The molecule has 5 nitrogen and oxygen atoms in total. The number of aryl methyl sites for hydroxylation is 1. The molecule has 0 amide bonds. The molecule has 1 aromatic heterocycles. The molecule has 148 valence electrons. The third kappa shape index (κ3) is 4.68. The first-order valence-electron chi connectivity index (χ1n) is 8.69. The number of rotatable bonds is 4. The molecule has 0 saturated heterocycles. The van der Waals surface area contributed by atoms with E-state index in [9.17, 15) is 9.18 Å². The molecule has 1 aliphatic carbocycles. The van der Waals surface area contributed by atoms with Crippen LogP contribution in [0.25, 0.3) is 5.57 Å². The average Bonchev–Trinajstić information content (AvgIpc) is 2.55. The average molecular weight is 397 g/mol. The molecule has 0 aromatic carbocycles. The second-order valence-corrected chi connectivity index (χ2v) is 8.02. The van der Waals surface area contributed by atoms with Crippen LogP contribution in [0.3, 0.4) is 0 Å². The quantitative estimate of drug-likeness (QED) is 0.755. The van der Waals surface area contributed by atoms with Crippen LogP contribution in [0.4, 0.5) is 10.2 Å². The van der Waals surface area contributed by atoms with Crippen molar-refractivity contribution in [1.29, 1.82) is 0 Å². The van der Waals surface area contributed by atoms with Crippen molar-refractivity contribution in [2.45, 2.75) is 58.9 Å². The predicted molar refractivity (Wildman–Crippen MR) is 105 cm³/mol. The standard InChI is InChI=1S/C20H26ClFN2O3/c1-10-15(13-8-7-12(21)9-14(13)22)16(11(2)24-18(10)23)17(19(25)26-6)27-20(3,4)5/h7-8,14,17H,9H2,1-6H3,(H2,23,24)/t14-,17+/m1/s1. The van der Waals surface area contributed by atoms with Gasteiger partial charge in [-0.15, -0.1) is 0 Å². The first-order valence-corrected chi connectivity index (χ1v) is 9.07. The third-order valence-electron chi connectivity index (χ3n) is 4.30. The van der Waals surface area contributed by atoms with Crippen LogP contribution < -0.4 is 5.73 Å². The fourth-order valence-corrected chi connectivity index (χ4v) is 3.29. The lowest BCUT2D eigenvalue weighted by atomic mass is 9.86. The molecule has 0 bridgehead atoms.